The first-order chi connectivity index (χ1) is 9.60. The minimum atomic E-state index is -3.24. The predicted molar refractivity (Wildman–Crippen MR) is 74.0 cm³/mol. The summed E-state index contributed by atoms with van der Waals surface area (Å²) in [6, 6.07) is -2.38. The number of hydrogen-bond acceptors (Lipinski definition) is 6. The molecule has 1 aromatic heterocycles. The maximum absolute atomic E-state index is 11.8. The van der Waals surface area contributed by atoms with E-state index in [0.29, 0.717) is 5.56 Å². The molecule has 0 fully saturated rings. The summed E-state index contributed by atoms with van der Waals surface area (Å²) in [5.41, 5.74) is 5.87. The Bertz CT molecular complexity index is 624. The number of carboxylic acids is 1. The third kappa shape index (κ3) is 5.52. The number of sulfone groups is 1. The molecule has 2 atom stereocenters. The molecule has 21 heavy (non-hydrogen) atoms. The number of nitrogens with two attached hydrogens (primary N) is 1. The number of aliphatic carboxylic acids is 1. The Labute approximate surface area is 122 Å². The molecule has 0 aliphatic heterocycles. The molecule has 0 bridgehead atoms. The average Bonchev–Trinajstić information content (AvgIpc) is 2.77. The van der Waals surface area contributed by atoms with Crippen molar-refractivity contribution in [2.75, 3.05) is 12.0 Å². The number of hydrogen-bond donors (Lipinski definition) is 3. The normalized spacial score (nSPS) is 14.4. The van der Waals surface area contributed by atoms with Gasteiger partial charge in [0.25, 0.3) is 0 Å². The van der Waals surface area contributed by atoms with E-state index in [1.807, 2.05) is 0 Å². The van der Waals surface area contributed by atoms with Crippen LogP contribution in [0.5, 0.6) is 0 Å². The van der Waals surface area contributed by atoms with Gasteiger partial charge in [-0.3, -0.25) is 9.48 Å². The van der Waals surface area contributed by atoms with Gasteiger partial charge in [-0.25, -0.2) is 13.2 Å². The number of nitrogens with zero attached hydrogens (tertiary/aromatic N) is 2. The maximum Gasteiger partial charge on any atom is 0.331 e. The highest BCUT2D eigenvalue weighted by atomic mass is 32.2. The van der Waals surface area contributed by atoms with Gasteiger partial charge in [-0.1, -0.05) is 0 Å². The van der Waals surface area contributed by atoms with Crippen molar-refractivity contribution in [3.05, 3.63) is 18.0 Å². The van der Waals surface area contributed by atoms with Crippen LogP contribution in [0.25, 0.3) is 0 Å². The summed E-state index contributed by atoms with van der Waals surface area (Å²) in [5.74, 6) is -2.23. The fourth-order valence-corrected chi connectivity index (χ4v) is 2.28. The fraction of sp³-hybridized carbons (Fsp3) is 0.545. The lowest BCUT2D eigenvalue weighted by Crippen LogP contribution is -2.45. The highest BCUT2D eigenvalue weighted by Crippen LogP contribution is 2.12. The highest BCUT2D eigenvalue weighted by Gasteiger charge is 2.26. The first-order valence-corrected chi connectivity index (χ1v) is 8.11. The molecule has 0 spiro atoms. The number of carbonyl (C=O) groups excluding carboxylic acids is 1. The Morgan fingerprint density at radius 1 is 1.52 bits per heavy atom. The van der Waals surface area contributed by atoms with Crippen molar-refractivity contribution in [2.24, 2.45) is 12.8 Å². The highest BCUT2D eigenvalue weighted by molar-refractivity contribution is 7.90. The van der Waals surface area contributed by atoms with Gasteiger partial charge in [0.05, 0.1) is 18.0 Å². The van der Waals surface area contributed by atoms with Gasteiger partial charge >= 0.3 is 5.97 Å². The molecule has 0 saturated heterocycles. The molecule has 1 rings (SSSR count). The van der Waals surface area contributed by atoms with Crippen molar-refractivity contribution in [3.8, 4) is 0 Å². The SMILES string of the molecule is Cn1cc(C(NC(=O)C(N)CCS(C)(=O)=O)C(=O)O)cn1. The van der Waals surface area contributed by atoms with Gasteiger partial charge in [0.2, 0.25) is 5.91 Å². The van der Waals surface area contributed by atoms with Gasteiger partial charge < -0.3 is 16.2 Å². The van der Waals surface area contributed by atoms with Crippen molar-refractivity contribution in [1.82, 2.24) is 15.1 Å². The van der Waals surface area contributed by atoms with E-state index < -0.39 is 33.8 Å². The van der Waals surface area contributed by atoms with Crippen LogP contribution >= 0.6 is 0 Å². The van der Waals surface area contributed by atoms with E-state index in [1.165, 1.54) is 17.1 Å². The number of nitrogens with one attached hydrogen (secondary N) is 1. The van der Waals surface area contributed by atoms with E-state index in [9.17, 15) is 18.0 Å². The molecule has 0 aromatic carbocycles. The molecule has 9 nitrogen and oxygen atoms in total. The van der Waals surface area contributed by atoms with Gasteiger partial charge in [0.15, 0.2) is 6.04 Å². The topological polar surface area (TPSA) is 144 Å². The van der Waals surface area contributed by atoms with Crippen molar-refractivity contribution >= 4 is 21.7 Å². The number of carboxylic acid groups (broad SMARTS) is 1. The minimum absolute atomic E-state index is 0.0793. The molecular formula is C11H18N4O5S. The number of aryl methyl sites for hydroxylation is 1. The van der Waals surface area contributed by atoms with Crippen molar-refractivity contribution < 1.29 is 23.1 Å². The lowest BCUT2D eigenvalue weighted by atomic mass is 10.1. The van der Waals surface area contributed by atoms with Crippen molar-refractivity contribution in [2.45, 2.75) is 18.5 Å². The van der Waals surface area contributed by atoms with Gasteiger partial charge in [-0.05, 0) is 6.42 Å². The van der Waals surface area contributed by atoms with E-state index in [2.05, 4.69) is 10.4 Å². The summed E-state index contributed by atoms with van der Waals surface area (Å²) in [4.78, 5) is 23.0. The molecule has 0 saturated carbocycles. The third-order valence-corrected chi connectivity index (χ3v) is 3.71. The second-order valence-electron chi connectivity index (χ2n) is 4.75. The largest absolute Gasteiger partial charge is 0.479 e. The lowest BCUT2D eigenvalue weighted by Gasteiger charge is -2.16. The van der Waals surface area contributed by atoms with Crippen molar-refractivity contribution in [3.63, 3.8) is 0 Å². The Hall–Kier alpha value is -1.94. The van der Waals surface area contributed by atoms with Crippen LogP contribution in [0.15, 0.2) is 12.4 Å². The summed E-state index contributed by atoms with van der Waals surface area (Å²) in [6.45, 7) is 0. The zero-order valence-corrected chi connectivity index (χ0v) is 12.5. The van der Waals surface area contributed by atoms with Crippen molar-refractivity contribution in [1.29, 1.82) is 0 Å². The molecule has 1 heterocycles. The molecule has 4 N–H and O–H groups in total. The number of amides is 1. The third-order valence-electron chi connectivity index (χ3n) is 2.73. The summed E-state index contributed by atoms with van der Waals surface area (Å²) in [7, 11) is -1.62. The van der Waals surface area contributed by atoms with Crippen LogP contribution in [0.3, 0.4) is 0 Å². The average molecular weight is 318 g/mol. The Morgan fingerprint density at radius 3 is 2.57 bits per heavy atom. The van der Waals surface area contributed by atoms with Crippen LogP contribution in [-0.2, 0) is 26.5 Å². The second kappa shape index (κ2) is 6.68. The molecule has 2 unspecified atom stereocenters. The Morgan fingerprint density at radius 2 is 2.14 bits per heavy atom. The number of carbonyl (C=O) groups is 2. The van der Waals surface area contributed by atoms with Crippen LogP contribution in [0, 0.1) is 0 Å². The van der Waals surface area contributed by atoms with E-state index in [4.69, 9.17) is 10.8 Å². The monoisotopic (exact) mass is 318 g/mol. The van der Waals surface area contributed by atoms with Crippen LogP contribution in [0.1, 0.15) is 18.0 Å². The standard InChI is InChI=1S/C11H18N4O5S/c1-15-6-7(5-13-15)9(11(17)18)14-10(16)8(12)3-4-21(2,19)20/h5-6,8-9H,3-4,12H2,1-2H3,(H,14,16)(H,17,18). The van der Waals surface area contributed by atoms with Gasteiger partial charge in [0, 0.05) is 25.1 Å². The zero-order chi connectivity index (χ0) is 16.2. The summed E-state index contributed by atoms with van der Waals surface area (Å²) in [5, 5.41) is 15.2. The zero-order valence-electron chi connectivity index (χ0n) is 11.7. The molecule has 118 valence electrons. The van der Waals surface area contributed by atoms with Crippen LogP contribution in [0.4, 0.5) is 0 Å². The van der Waals surface area contributed by atoms with Gasteiger partial charge in [-0.2, -0.15) is 5.10 Å². The molecule has 1 amide bonds. The predicted octanol–water partition coefficient (Wildman–Crippen LogP) is -1.58. The summed E-state index contributed by atoms with van der Waals surface area (Å²) >= 11 is 0. The van der Waals surface area contributed by atoms with Crippen LogP contribution in [0.2, 0.25) is 0 Å². The van der Waals surface area contributed by atoms with Gasteiger partial charge in [-0.15, -0.1) is 0 Å². The maximum atomic E-state index is 11.8. The molecule has 0 radical (unpaired) electrons. The fourth-order valence-electron chi connectivity index (χ4n) is 1.60. The molecule has 0 aliphatic carbocycles. The molecule has 0 aliphatic rings. The number of aromatic nitrogens is 2. The molecule has 1 aromatic rings. The minimum Gasteiger partial charge on any atom is -0.479 e. The smallest absolute Gasteiger partial charge is 0.331 e. The van der Waals surface area contributed by atoms with Crippen LogP contribution < -0.4 is 11.1 Å². The Balaban J connectivity index is 2.71. The van der Waals surface area contributed by atoms with E-state index in [1.54, 1.807) is 7.05 Å². The molecular weight excluding hydrogens is 300 g/mol. The van der Waals surface area contributed by atoms with Crippen LogP contribution in [-0.4, -0.2) is 53.2 Å². The molecule has 10 heteroatoms. The lowest BCUT2D eigenvalue weighted by molar-refractivity contribution is -0.142. The first kappa shape index (κ1) is 17.1. The van der Waals surface area contributed by atoms with Gasteiger partial charge in [0.1, 0.15) is 9.84 Å². The number of rotatable bonds is 7. The second-order valence-corrected chi connectivity index (χ2v) is 7.01. The quantitative estimate of drug-likeness (QED) is 0.550. The van der Waals surface area contributed by atoms with E-state index in [0.717, 1.165) is 6.26 Å². The summed E-state index contributed by atoms with van der Waals surface area (Å²) < 4.78 is 23.4. The first-order valence-electron chi connectivity index (χ1n) is 6.05. The summed E-state index contributed by atoms with van der Waals surface area (Å²) in [6.07, 6.45) is 3.74. The van der Waals surface area contributed by atoms with E-state index in [-0.39, 0.29) is 12.2 Å². The van der Waals surface area contributed by atoms with E-state index >= 15 is 0 Å². The Kier molecular flexibility index (Phi) is 5.44.